The molecule has 3 nitrogen and oxygen atoms in total. The van der Waals surface area contributed by atoms with Crippen LogP contribution in [0.3, 0.4) is 0 Å². The fourth-order valence-corrected chi connectivity index (χ4v) is 3.18. The Balaban J connectivity index is 2.07. The molecule has 0 bridgehead atoms. The molecular formula is C14H26N2O. The minimum Gasteiger partial charge on any atom is -0.367 e. The molecule has 1 aliphatic heterocycles. The van der Waals surface area contributed by atoms with Gasteiger partial charge in [-0.2, -0.15) is 0 Å². The second kappa shape index (κ2) is 5.38. The molecule has 2 fully saturated rings. The molecule has 98 valence electrons. The van der Waals surface area contributed by atoms with Crippen molar-refractivity contribution in [3.05, 3.63) is 0 Å². The van der Waals surface area contributed by atoms with Gasteiger partial charge in [-0.05, 0) is 51.4 Å². The quantitative estimate of drug-likeness (QED) is 0.606. The topological polar surface area (TPSA) is 36.3 Å². The Labute approximate surface area is 105 Å². The van der Waals surface area contributed by atoms with Gasteiger partial charge < -0.3 is 9.64 Å². The van der Waals surface area contributed by atoms with Crippen LogP contribution in [0.4, 0.5) is 0 Å². The molecule has 1 heterocycles. The fraction of sp³-hybridized carbons (Fsp3) is 0.929. The van der Waals surface area contributed by atoms with Crippen LogP contribution in [-0.2, 0) is 4.74 Å². The Morgan fingerprint density at radius 3 is 2.41 bits per heavy atom. The van der Waals surface area contributed by atoms with Gasteiger partial charge in [-0.1, -0.05) is 6.92 Å². The standard InChI is InChI=1S/C14H26N2O/c1-3-17-14(8-6-12(2)7-9-14)13(15)16-10-4-5-11-16/h12,15H,3-11H2,1-2H3. The number of hydrogen-bond acceptors (Lipinski definition) is 2. The van der Waals surface area contributed by atoms with Crippen molar-refractivity contribution in [2.45, 2.75) is 58.0 Å². The highest BCUT2D eigenvalue weighted by Gasteiger charge is 2.41. The Morgan fingerprint density at radius 1 is 1.29 bits per heavy atom. The molecule has 0 spiro atoms. The van der Waals surface area contributed by atoms with E-state index in [9.17, 15) is 0 Å². The molecule has 0 aromatic carbocycles. The van der Waals surface area contributed by atoms with Gasteiger partial charge in [0.05, 0.1) is 0 Å². The van der Waals surface area contributed by atoms with Crippen molar-refractivity contribution < 1.29 is 4.74 Å². The van der Waals surface area contributed by atoms with E-state index in [0.29, 0.717) is 0 Å². The zero-order chi connectivity index (χ0) is 12.3. The number of hydrogen-bond donors (Lipinski definition) is 1. The summed E-state index contributed by atoms with van der Waals surface area (Å²) in [5, 5.41) is 8.50. The van der Waals surface area contributed by atoms with Crippen molar-refractivity contribution in [1.82, 2.24) is 4.90 Å². The molecule has 1 N–H and O–H groups in total. The van der Waals surface area contributed by atoms with Crippen molar-refractivity contribution in [3.8, 4) is 0 Å². The molecular weight excluding hydrogens is 212 g/mol. The first-order chi connectivity index (χ1) is 8.18. The third-order valence-electron chi connectivity index (χ3n) is 4.36. The van der Waals surface area contributed by atoms with E-state index in [1.54, 1.807) is 0 Å². The maximum atomic E-state index is 8.50. The monoisotopic (exact) mass is 238 g/mol. The van der Waals surface area contributed by atoms with Crippen LogP contribution in [0.1, 0.15) is 52.4 Å². The molecule has 17 heavy (non-hydrogen) atoms. The van der Waals surface area contributed by atoms with Gasteiger partial charge in [0.15, 0.2) is 0 Å². The zero-order valence-corrected chi connectivity index (χ0v) is 11.3. The van der Waals surface area contributed by atoms with Crippen molar-refractivity contribution in [2.75, 3.05) is 19.7 Å². The SMILES string of the molecule is CCOC1(C(=N)N2CCCC2)CCC(C)CC1. The predicted octanol–water partition coefficient (Wildman–Crippen LogP) is 3.04. The molecule has 0 unspecified atom stereocenters. The molecule has 1 saturated heterocycles. The van der Waals surface area contributed by atoms with Crippen molar-refractivity contribution in [2.24, 2.45) is 5.92 Å². The normalized spacial score (nSPS) is 34.0. The lowest BCUT2D eigenvalue weighted by Gasteiger charge is -2.42. The number of nitrogens with one attached hydrogen (secondary N) is 1. The number of amidine groups is 1. The molecule has 0 radical (unpaired) electrons. The smallest absolute Gasteiger partial charge is 0.129 e. The first-order valence-electron chi connectivity index (χ1n) is 7.16. The van der Waals surface area contributed by atoms with Crippen LogP contribution in [0.2, 0.25) is 0 Å². The molecule has 1 aliphatic carbocycles. The minimum atomic E-state index is -0.258. The van der Waals surface area contributed by atoms with Crippen LogP contribution >= 0.6 is 0 Å². The summed E-state index contributed by atoms with van der Waals surface area (Å²) < 4.78 is 6.03. The van der Waals surface area contributed by atoms with Crippen LogP contribution in [0, 0.1) is 11.3 Å². The molecule has 1 saturated carbocycles. The lowest BCUT2D eigenvalue weighted by atomic mass is 9.78. The van der Waals surface area contributed by atoms with E-state index in [0.717, 1.165) is 44.3 Å². The van der Waals surface area contributed by atoms with Crippen LogP contribution < -0.4 is 0 Å². The Bertz CT molecular complexity index is 263. The summed E-state index contributed by atoms with van der Waals surface area (Å²) in [7, 11) is 0. The maximum Gasteiger partial charge on any atom is 0.129 e. The fourth-order valence-electron chi connectivity index (χ4n) is 3.18. The highest BCUT2D eigenvalue weighted by atomic mass is 16.5. The van der Waals surface area contributed by atoms with Gasteiger partial charge in [0.1, 0.15) is 11.4 Å². The van der Waals surface area contributed by atoms with Gasteiger partial charge in [-0.25, -0.2) is 0 Å². The lowest BCUT2D eigenvalue weighted by Crippen LogP contribution is -2.51. The predicted molar refractivity (Wildman–Crippen MR) is 70.5 cm³/mol. The number of rotatable bonds is 3. The first-order valence-corrected chi connectivity index (χ1v) is 7.16. The van der Waals surface area contributed by atoms with Gasteiger partial charge in [0.2, 0.25) is 0 Å². The van der Waals surface area contributed by atoms with Gasteiger partial charge in [-0.15, -0.1) is 0 Å². The maximum absolute atomic E-state index is 8.50. The van der Waals surface area contributed by atoms with Crippen LogP contribution in [0.25, 0.3) is 0 Å². The van der Waals surface area contributed by atoms with Gasteiger partial charge in [0.25, 0.3) is 0 Å². The molecule has 2 aliphatic rings. The van der Waals surface area contributed by atoms with E-state index >= 15 is 0 Å². The first kappa shape index (κ1) is 12.9. The van der Waals surface area contributed by atoms with Gasteiger partial charge in [-0.3, -0.25) is 5.41 Å². The summed E-state index contributed by atoms with van der Waals surface area (Å²) in [6, 6.07) is 0. The average molecular weight is 238 g/mol. The van der Waals surface area contributed by atoms with Gasteiger partial charge >= 0.3 is 0 Å². The highest BCUT2D eigenvalue weighted by Crippen LogP contribution is 2.37. The van der Waals surface area contributed by atoms with E-state index in [-0.39, 0.29) is 5.60 Å². The van der Waals surface area contributed by atoms with E-state index < -0.39 is 0 Å². The largest absolute Gasteiger partial charge is 0.367 e. The highest BCUT2D eigenvalue weighted by molar-refractivity contribution is 5.88. The molecule has 2 rings (SSSR count). The number of nitrogens with zero attached hydrogens (tertiary/aromatic N) is 1. The van der Waals surface area contributed by atoms with Crippen molar-refractivity contribution in [1.29, 1.82) is 5.41 Å². The Hall–Kier alpha value is -0.570. The van der Waals surface area contributed by atoms with Gasteiger partial charge in [0, 0.05) is 19.7 Å². The summed E-state index contributed by atoms with van der Waals surface area (Å²) in [4.78, 5) is 2.24. The molecule has 0 atom stereocenters. The second-order valence-corrected chi connectivity index (χ2v) is 5.65. The third kappa shape index (κ3) is 2.65. The zero-order valence-electron chi connectivity index (χ0n) is 11.3. The lowest BCUT2D eigenvalue weighted by molar-refractivity contribution is -0.0273. The van der Waals surface area contributed by atoms with Crippen molar-refractivity contribution in [3.63, 3.8) is 0 Å². The Kier molecular flexibility index (Phi) is 4.08. The molecule has 0 aromatic heterocycles. The summed E-state index contributed by atoms with van der Waals surface area (Å²) >= 11 is 0. The molecule has 0 amide bonds. The number of ether oxygens (including phenoxy) is 1. The second-order valence-electron chi connectivity index (χ2n) is 5.65. The molecule has 0 aromatic rings. The third-order valence-corrected chi connectivity index (χ3v) is 4.36. The van der Waals surface area contributed by atoms with Crippen molar-refractivity contribution >= 4 is 5.84 Å². The van der Waals surface area contributed by atoms with E-state index in [4.69, 9.17) is 10.1 Å². The molecule has 3 heteroatoms. The summed E-state index contributed by atoms with van der Waals surface area (Å²) in [6.45, 7) is 7.21. The van der Waals surface area contributed by atoms with Crippen LogP contribution in [0.5, 0.6) is 0 Å². The van der Waals surface area contributed by atoms with E-state index in [2.05, 4.69) is 18.7 Å². The summed E-state index contributed by atoms with van der Waals surface area (Å²) in [5.74, 6) is 1.57. The summed E-state index contributed by atoms with van der Waals surface area (Å²) in [6.07, 6.45) is 6.96. The van der Waals surface area contributed by atoms with Crippen LogP contribution in [0.15, 0.2) is 0 Å². The summed E-state index contributed by atoms with van der Waals surface area (Å²) in [5.41, 5.74) is -0.258. The minimum absolute atomic E-state index is 0.258. The number of likely N-dealkylation sites (tertiary alicyclic amines) is 1. The Morgan fingerprint density at radius 2 is 1.88 bits per heavy atom. The van der Waals surface area contributed by atoms with E-state index in [1.807, 2.05) is 0 Å². The van der Waals surface area contributed by atoms with E-state index in [1.165, 1.54) is 25.7 Å². The van der Waals surface area contributed by atoms with Crippen LogP contribution in [-0.4, -0.2) is 36.0 Å². The average Bonchev–Trinajstić information content (AvgIpc) is 2.85.